The van der Waals surface area contributed by atoms with Crippen molar-refractivity contribution in [2.45, 2.75) is 13.0 Å². The van der Waals surface area contributed by atoms with Gasteiger partial charge in [-0.15, -0.1) is 0 Å². The van der Waals surface area contributed by atoms with Gasteiger partial charge in [-0.3, -0.25) is 4.79 Å². The first-order chi connectivity index (χ1) is 8.58. The van der Waals surface area contributed by atoms with Gasteiger partial charge in [0.2, 0.25) is 0 Å². The average molecular weight is 247 g/mol. The topological polar surface area (TPSA) is 79.5 Å². The van der Waals surface area contributed by atoms with E-state index in [-0.39, 0.29) is 12.1 Å². The van der Waals surface area contributed by atoms with Crippen molar-refractivity contribution in [2.24, 2.45) is 0 Å². The van der Waals surface area contributed by atoms with Crippen molar-refractivity contribution in [1.29, 1.82) is 0 Å². The van der Waals surface area contributed by atoms with E-state index in [9.17, 15) is 9.59 Å². The van der Waals surface area contributed by atoms with Crippen LogP contribution in [0, 0.1) is 0 Å². The quantitative estimate of drug-likeness (QED) is 0.790. The summed E-state index contributed by atoms with van der Waals surface area (Å²) >= 11 is 0. The van der Waals surface area contributed by atoms with E-state index in [1.54, 1.807) is 31.2 Å². The molecule has 0 aliphatic rings. The number of carbonyl (C=O) groups excluding carboxylic acids is 1. The predicted octanol–water partition coefficient (Wildman–Crippen LogP) is 0.904. The van der Waals surface area contributed by atoms with Gasteiger partial charge in [-0.25, -0.2) is 4.79 Å². The molecule has 1 unspecified atom stereocenters. The minimum atomic E-state index is -0.684. The normalized spacial score (nSPS) is 12.3. The monoisotopic (exact) mass is 247 g/mol. The first-order valence-corrected chi connectivity index (χ1v) is 5.57. The first kappa shape index (κ1) is 12.3. The number of nitrogens with one attached hydrogen (secondary N) is 1. The van der Waals surface area contributed by atoms with Gasteiger partial charge in [0.05, 0.1) is 6.10 Å². The SMILES string of the molecule is CC(O)CNC(=O)c1cc2ccccc2oc1=O. The summed E-state index contributed by atoms with van der Waals surface area (Å²) in [7, 11) is 0. The number of amides is 1. The summed E-state index contributed by atoms with van der Waals surface area (Å²) < 4.78 is 5.04. The smallest absolute Gasteiger partial charge is 0.349 e. The molecule has 1 aromatic carbocycles. The van der Waals surface area contributed by atoms with E-state index in [1.165, 1.54) is 6.07 Å². The molecule has 0 fully saturated rings. The van der Waals surface area contributed by atoms with Crippen LogP contribution in [0.5, 0.6) is 0 Å². The van der Waals surface area contributed by atoms with Crippen LogP contribution in [-0.4, -0.2) is 23.7 Å². The molecule has 0 bridgehead atoms. The predicted molar refractivity (Wildman–Crippen MR) is 66.5 cm³/mol. The van der Waals surface area contributed by atoms with Crippen LogP contribution in [0.25, 0.3) is 11.0 Å². The van der Waals surface area contributed by atoms with Crippen LogP contribution < -0.4 is 10.9 Å². The van der Waals surface area contributed by atoms with Crippen molar-refractivity contribution in [3.63, 3.8) is 0 Å². The fraction of sp³-hybridized carbons (Fsp3) is 0.231. The number of para-hydroxylation sites is 1. The van der Waals surface area contributed by atoms with Crippen molar-refractivity contribution in [3.05, 3.63) is 46.3 Å². The maximum Gasteiger partial charge on any atom is 0.349 e. The number of aliphatic hydroxyl groups is 1. The van der Waals surface area contributed by atoms with E-state index in [2.05, 4.69) is 5.32 Å². The number of hydrogen-bond donors (Lipinski definition) is 2. The molecular weight excluding hydrogens is 234 g/mol. The molecule has 0 spiro atoms. The van der Waals surface area contributed by atoms with Crippen LogP contribution in [0.2, 0.25) is 0 Å². The lowest BCUT2D eigenvalue weighted by Crippen LogP contribution is -2.33. The van der Waals surface area contributed by atoms with Crippen LogP contribution in [0.1, 0.15) is 17.3 Å². The average Bonchev–Trinajstić information content (AvgIpc) is 2.35. The summed E-state index contributed by atoms with van der Waals surface area (Å²) in [6.07, 6.45) is -0.665. The lowest BCUT2D eigenvalue weighted by molar-refractivity contribution is 0.0920. The summed E-state index contributed by atoms with van der Waals surface area (Å²) in [4.78, 5) is 23.4. The summed E-state index contributed by atoms with van der Waals surface area (Å²) in [5, 5.41) is 12.2. The van der Waals surface area contributed by atoms with E-state index in [0.29, 0.717) is 11.0 Å². The van der Waals surface area contributed by atoms with Crippen molar-refractivity contribution < 1.29 is 14.3 Å². The Morgan fingerprint density at radius 3 is 2.89 bits per heavy atom. The maximum atomic E-state index is 11.7. The fourth-order valence-corrected chi connectivity index (χ4v) is 1.56. The number of carbonyl (C=O) groups is 1. The van der Waals surface area contributed by atoms with Gasteiger partial charge in [0.1, 0.15) is 11.1 Å². The van der Waals surface area contributed by atoms with Crippen molar-refractivity contribution in [3.8, 4) is 0 Å². The van der Waals surface area contributed by atoms with Crippen LogP contribution in [0.3, 0.4) is 0 Å². The van der Waals surface area contributed by atoms with Crippen LogP contribution >= 0.6 is 0 Å². The highest BCUT2D eigenvalue weighted by molar-refractivity contribution is 5.96. The zero-order chi connectivity index (χ0) is 13.1. The number of fused-ring (bicyclic) bond motifs is 1. The largest absolute Gasteiger partial charge is 0.422 e. The van der Waals surface area contributed by atoms with Gasteiger partial charge < -0.3 is 14.8 Å². The Bertz CT molecular complexity index is 630. The summed E-state index contributed by atoms with van der Waals surface area (Å²) in [5.41, 5.74) is -0.305. The summed E-state index contributed by atoms with van der Waals surface area (Å²) in [5.74, 6) is -0.546. The highest BCUT2D eigenvalue weighted by atomic mass is 16.4. The molecule has 0 aliphatic heterocycles. The highest BCUT2D eigenvalue weighted by Crippen LogP contribution is 2.12. The zero-order valence-corrected chi connectivity index (χ0v) is 9.84. The molecule has 0 saturated heterocycles. The minimum absolute atomic E-state index is 0.0608. The Hall–Kier alpha value is -2.14. The molecule has 5 heteroatoms. The highest BCUT2D eigenvalue weighted by Gasteiger charge is 2.13. The molecule has 94 valence electrons. The van der Waals surface area contributed by atoms with Crippen molar-refractivity contribution >= 4 is 16.9 Å². The number of hydrogen-bond acceptors (Lipinski definition) is 4. The Kier molecular flexibility index (Phi) is 3.43. The molecule has 18 heavy (non-hydrogen) atoms. The second-order valence-electron chi connectivity index (χ2n) is 4.04. The van der Waals surface area contributed by atoms with E-state index in [4.69, 9.17) is 9.52 Å². The summed E-state index contributed by atoms with van der Waals surface area (Å²) in [6.45, 7) is 1.63. The Morgan fingerprint density at radius 1 is 1.44 bits per heavy atom. The fourth-order valence-electron chi connectivity index (χ4n) is 1.56. The maximum absolute atomic E-state index is 11.7. The van der Waals surface area contributed by atoms with Crippen molar-refractivity contribution in [1.82, 2.24) is 5.32 Å². The van der Waals surface area contributed by atoms with Gasteiger partial charge in [-0.2, -0.15) is 0 Å². The van der Waals surface area contributed by atoms with Crippen LogP contribution in [0.4, 0.5) is 0 Å². The van der Waals surface area contributed by atoms with Crippen molar-refractivity contribution in [2.75, 3.05) is 6.54 Å². The third kappa shape index (κ3) is 2.57. The molecule has 2 aromatic rings. The number of rotatable bonds is 3. The molecule has 2 N–H and O–H groups in total. The zero-order valence-electron chi connectivity index (χ0n) is 9.84. The Balaban J connectivity index is 2.36. The molecule has 0 radical (unpaired) electrons. The Labute approximate surface area is 103 Å². The third-order valence-corrected chi connectivity index (χ3v) is 2.44. The van der Waals surface area contributed by atoms with Crippen LogP contribution in [-0.2, 0) is 0 Å². The second kappa shape index (κ2) is 5.01. The van der Waals surface area contributed by atoms with Gasteiger partial charge in [-0.1, -0.05) is 18.2 Å². The second-order valence-corrected chi connectivity index (χ2v) is 4.04. The third-order valence-electron chi connectivity index (χ3n) is 2.44. The molecule has 0 aliphatic carbocycles. The van der Waals surface area contributed by atoms with E-state index >= 15 is 0 Å². The Morgan fingerprint density at radius 2 is 2.17 bits per heavy atom. The first-order valence-electron chi connectivity index (χ1n) is 5.57. The van der Waals surface area contributed by atoms with E-state index < -0.39 is 17.6 Å². The van der Waals surface area contributed by atoms with Gasteiger partial charge in [-0.05, 0) is 19.1 Å². The van der Waals surface area contributed by atoms with Gasteiger partial charge >= 0.3 is 5.63 Å². The van der Waals surface area contributed by atoms with Gasteiger partial charge in [0, 0.05) is 11.9 Å². The molecule has 1 aromatic heterocycles. The minimum Gasteiger partial charge on any atom is -0.422 e. The molecule has 1 heterocycles. The lowest BCUT2D eigenvalue weighted by Gasteiger charge is -2.06. The van der Waals surface area contributed by atoms with Gasteiger partial charge in [0.25, 0.3) is 5.91 Å². The standard InChI is InChI=1S/C13H13NO4/c1-8(15)7-14-12(16)10-6-9-4-2-3-5-11(9)18-13(10)17/h2-6,8,15H,7H2,1H3,(H,14,16). The van der Waals surface area contributed by atoms with E-state index in [1.807, 2.05) is 0 Å². The lowest BCUT2D eigenvalue weighted by atomic mass is 10.2. The number of benzene rings is 1. The molecule has 0 saturated carbocycles. The van der Waals surface area contributed by atoms with E-state index in [0.717, 1.165) is 0 Å². The summed E-state index contributed by atoms with van der Waals surface area (Å²) in [6, 6.07) is 8.44. The molecule has 1 atom stereocenters. The molecule has 2 rings (SSSR count). The van der Waals surface area contributed by atoms with Crippen LogP contribution in [0.15, 0.2) is 39.5 Å². The molecule has 5 nitrogen and oxygen atoms in total. The molecular formula is C13H13NO4. The molecule has 1 amide bonds. The number of aliphatic hydroxyl groups excluding tert-OH is 1. The van der Waals surface area contributed by atoms with Gasteiger partial charge in [0.15, 0.2) is 0 Å².